The van der Waals surface area contributed by atoms with Crippen LogP contribution in [0.15, 0.2) is 18.2 Å². The quantitative estimate of drug-likeness (QED) is 0.700. The van der Waals surface area contributed by atoms with Crippen molar-refractivity contribution in [1.29, 1.82) is 0 Å². The monoisotopic (exact) mass is 364 g/mol. The molecule has 0 spiro atoms. The van der Waals surface area contributed by atoms with E-state index in [2.05, 4.69) is 31.9 Å². The van der Waals surface area contributed by atoms with E-state index in [0.717, 1.165) is 38.3 Å². The number of fused-ring (bicyclic) bond motifs is 3. The van der Waals surface area contributed by atoms with E-state index in [1.807, 2.05) is 6.92 Å². The predicted molar refractivity (Wildman–Crippen MR) is 92.4 cm³/mol. The molecule has 1 aliphatic rings. The topological polar surface area (TPSA) is 49.6 Å². The Morgan fingerprint density at radius 3 is 2.46 bits per heavy atom. The molecule has 4 rings (SSSR count). The summed E-state index contributed by atoms with van der Waals surface area (Å²) >= 11 is 0. The van der Waals surface area contributed by atoms with Crippen LogP contribution in [0.5, 0.6) is 0 Å². The van der Waals surface area contributed by atoms with Gasteiger partial charge in [-0.1, -0.05) is 6.92 Å². The Kier molecular flexibility index (Phi) is 3.98. The number of halogens is 3. The number of rotatable bonds is 2. The van der Waals surface area contributed by atoms with Gasteiger partial charge >= 0.3 is 6.18 Å². The summed E-state index contributed by atoms with van der Waals surface area (Å²) in [5.74, 6) is 1.22. The Labute approximate surface area is 148 Å². The van der Waals surface area contributed by atoms with Gasteiger partial charge in [-0.25, -0.2) is 9.97 Å². The fourth-order valence-electron chi connectivity index (χ4n) is 3.17. The summed E-state index contributed by atoms with van der Waals surface area (Å²) < 4.78 is 40.9. The van der Waals surface area contributed by atoms with Gasteiger partial charge in [0.05, 0.1) is 11.1 Å². The predicted octanol–water partition coefficient (Wildman–Crippen LogP) is 2.61. The first kappa shape index (κ1) is 17.0. The average molecular weight is 364 g/mol. The number of hydrogen-bond acceptors (Lipinski definition) is 5. The summed E-state index contributed by atoms with van der Waals surface area (Å²) in [6.07, 6.45) is -3.81. The van der Waals surface area contributed by atoms with Gasteiger partial charge in [-0.3, -0.25) is 0 Å². The molecular formula is C17H19F3N6. The minimum absolute atomic E-state index is 0.366. The SMILES string of the molecule is CCc1nc2c3cc(C(F)(F)F)ccc3nc(N3CCN(C)CC3)n2n1. The summed E-state index contributed by atoms with van der Waals surface area (Å²) in [5.41, 5.74) is 0.212. The second-order valence-electron chi connectivity index (χ2n) is 6.55. The Morgan fingerprint density at radius 2 is 1.81 bits per heavy atom. The van der Waals surface area contributed by atoms with Crippen LogP contribution in [0, 0.1) is 0 Å². The van der Waals surface area contributed by atoms with Gasteiger partial charge in [0.2, 0.25) is 5.95 Å². The molecule has 0 atom stereocenters. The molecule has 2 aromatic heterocycles. The van der Waals surface area contributed by atoms with Crippen molar-refractivity contribution in [2.75, 3.05) is 38.1 Å². The molecule has 1 saturated heterocycles. The molecule has 0 unspecified atom stereocenters. The van der Waals surface area contributed by atoms with E-state index in [0.29, 0.717) is 34.7 Å². The second kappa shape index (κ2) is 6.08. The summed E-state index contributed by atoms with van der Waals surface area (Å²) in [7, 11) is 2.06. The average Bonchev–Trinajstić information content (AvgIpc) is 3.05. The first-order valence-corrected chi connectivity index (χ1v) is 8.57. The molecule has 0 aliphatic carbocycles. The van der Waals surface area contributed by atoms with Crippen molar-refractivity contribution in [3.8, 4) is 0 Å². The molecule has 0 N–H and O–H groups in total. The van der Waals surface area contributed by atoms with Crippen molar-refractivity contribution in [3.05, 3.63) is 29.6 Å². The van der Waals surface area contributed by atoms with Gasteiger partial charge in [0, 0.05) is 38.0 Å². The maximum atomic E-state index is 13.1. The molecule has 0 radical (unpaired) electrons. The van der Waals surface area contributed by atoms with Crippen molar-refractivity contribution in [2.45, 2.75) is 19.5 Å². The van der Waals surface area contributed by atoms with Crippen molar-refractivity contribution >= 4 is 22.5 Å². The number of anilines is 1. The smallest absolute Gasteiger partial charge is 0.338 e. The third-order valence-electron chi connectivity index (χ3n) is 4.73. The highest BCUT2D eigenvalue weighted by molar-refractivity contribution is 5.93. The molecule has 0 saturated carbocycles. The van der Waals surface area contributed by atoms with E-state index in [1.165, 1.54) is 6.07 Å². The second-order valence-corrected chi connectivity index (χ2v) is 6.55. The van der Waals surface area contributed by atoms with Gasteiger partial charge in [-0.2, -0.15) is 17.7 Å². The molecule has 0 bridgehead atoms. The highest BCUT2D eigenvalue weighted by Crippen LogP contribution is 2.33. The van der Waals surface area contributed by atoms with Crippen LogP contribution in [0.25, 0.3) is 16.6 Å². The van der Waals surface area contributed by atoms with Crippen LogP contribution in [0.3, 0.4) is 0 Å². The summed E-state index contributed by atoms with van der Waals surface area (Å²) in [6, 6.07) is 3.59. The fraction of sp³-hybridized carbons (Fsp3) is 0.471. The van der Waals surface area contributed by atoms with Gasteiger partial charge in [-0.05, 0) is 25.2 Å². The van der Waals surface area contributed by atoms with Gasteiger partial charge in [0.15, 0.2) is 11.5 Å². The maximum Gasteiger partial charge on any atom is 0.416 e. The summed E-state index contributed by atoms with van der Waals surface area (Å²) in [4.78, 5) is 13.4. The molecule has 138 valence electrons. The van der Waals surface area contributed by atoms with E-state index in [1.54, 1.807) is 4.52 Å². The van der Waals surface area contributed by atoms with Gasteiger partial charge < -0.3 is 9.80 Å². The lowest BCUT2D eigenvalue weighted by atomic mass is 10.1. The third-order valence-corrected chi connectivity index (χ3v) is 4.73. The van der Waals surface area contributed by atoms with Crippen LogP contribution in [0.1, 0.15) is 18.3 Å². The highest BCUT2D eigenvalue weighted by atomic mass is 19.4. The minimum atomic E-state index is -4.41. The van der Waals surface area contributed by atoms with Crippen molar-refractivity contribution in [1.82, 2.24) is 24.5 Å². The molecule has 26 heavy (non-hydrogen) atoms. The largest absolute Gasteiger partial charge is 0.416 e. The maximum absolute atomic E-state index is 13.1. The lowest BCUT2D eigenvalue weighted by molar-refractivity contribution is -0.137. The lowest BCUT2D eigenvalue weighted by Crippen LogP contribution is -2.45. The van der Waals surface area contributed by atoms with Crippen molar-refractivity contribution in [2.24, 2.45) is 0 Å². The first-order chi connectivity index (χ1) is 12.4. The number of aryl methyl sites for hydroxylation is 1. The molecule has 1 aliphatic heterocycles. The van der Waals surface area contributed by atoms with Crippen LogP contribution in [0.4, 0.5) is 19.1 Å². The fourth-order valence-corrected chi connectivity index (χ4v) is 3.17. The summed E-state index contributed by atoms with van der Waals surface area (Å²) in [6.45, 7) is 5.27. The van der Waals surface area contributed by atoms with Gasteiger partial charge in [-0.15, -0.1) is 5.10 Å². The van der Waals surface area contributed by atoms with Crippen molar-refractivity contribution < 1.29 is 13.2 Å². The molecule has 9 heteroatoms. The molecule has 3 aromatic rings. The van der Waals surface area contributed by atoms with Crippen LogP contribution in [-0.2, 0) is 12.6 Å². The highest BCUT2D eigenvalue weighted by Gasteiger charge is 2.31. The molecular weight excluding hydrogens is 345 g/mol. The zero-order chi connectivity index (χ0) is 18.5. The van der Waals surface area contributed by atoms with E-state index in [-0.39, 0.29) is 0 Å². The minimum Gasteiger partial charge on any atom is -0.338 e. The van der Waals surface area contributed by atoms with Crippen LogP contribution < -0.4 is 4.90 Å². The summed E-state index contributed by atoms with van der Waals surface area (Å²) in [5, 5.41) is 4.84. The van der Waals surface area contributed by atoms with E-state index in [4.69, 9.17) is 0 Å². The number of alkyl halides is 3. The Balaban J connectivity index is 1.93. The molecule has 1 fully saturated rings. The van der Waals surface area contributed by atoms with Gasteiger partial charge in [0.25, 0.3) is 0 Å². The lowest BCUT2D eigenvalue weighted by Gasteiger charge is -2.33. The third kappa shape index (κ3) is 2.86. The Hall–Kier alpha value is -2.42. The van der Waals surface area contributed by atoms with Crippen LogP contribution >= 0.6 is 0 Å². The number of likely N-dealkylation sites (N-methyl/N-ethyl adjacent to an activating group) is 1. The molecule has 6 nitrogen and oxygen atoms in total. The Bertz CT molecular complexity index is 956. The number of benzene rings is 1. The van der Waals surface area contributed by atoms with Crippen molar-refractivity contribution in [3.63, 3.8) is 0 Å². The van der Waals surface area contributed by atoms with E-state index in [9.17, 15) is 13.2 Å². The van der Waals surface area contributed by atoms with E-state index < -0.39 is 11.7 Å². The van der Waals surface area contributed by atoms with Gasteiger partial charge in [0.1, 0.15) is 0 Å². The molecule has 1 aromatic carbocycles. The number of hydrogen-bond donors (Lipinski definition) is 0. The number of piperazine rings is 1. The van der Waals surface area contributed by atoms with E-state index >= 15 is 0 Å². The first-order valence-electron chi connectivity index (χ1n) is 8.57. The Morgan fingerprint density at radius 1 is 1.08 bits per heavy atom. The number of aromatic nitrogens is 4. The normalized spacial score (nSPS) is 16.7. The standard InChI is InChI=1S/C17H19F3N6/c1-3-14-22-15-12-10-11(17(18,19)20)4-5-13(12)21-16(26(15)23-14)25-8-6-24(2)7-9-25/h4-5,10H,3,6-9H2,1-2H3. The van der Waals surface area contributed by atoms with Crippen LogP contribution in [0.2, 0.25) is 0 Å². The zero-order valence-corrected chi connectivity index (χ0v) is 14.6. The zero-order valence-electron chi connectivity index (χ0n) is 14.6. The molecule has 3 heterocycles. The molecule has 0 amide bonds. The van der Waals surface area contributed by atoms with Crippen LogP contribution in [-0.4, -0.2) is 57.7 Å². The number of nitrogens with zero attached hydrogens (tertiary/aromatic N) is 6.